The van der Waals surface area contributed by atoms with Crippen molar-refractivity contribution in [3.63, 3.8) is 0 Å². The lowest BCUT2D eigenvalue weighted by Gasteiger charge is -2.36. The van der Waals surface area contributed by atoms with Crippen LogP contribution in [-0.4, -0.2) is 34.8 Å². The van der Waals surface area contributed by atoms with E-state index < -0.39 is 6.04 Å². The number of nitriles is 1. The third kappa shape index (κ3) is 5.08. The molecule has 3 aromatic rings. The Bertz CT molecular complexity index is 1180. The second-order valence-electron chi connectivity index (χ2n) is 7.32. The second kappa shape index (κ2) is 10.3. The van der Waals surface area contributed by atoms with E-state index >= 15 is 0 Å². The van der Waals surface area contributed by atoms with Crippen molar-refractivity contribution in [1.29, 1.82) is 5.26 Å². The molecule has 0 radical (unpaired) electrons. The zero-order valence-electron chi connectivity index (χ0n) is 17.0. The number of carbonyl (C=O) groups is 2. The average Bonchev–Trinajstić information content (AvgIpc) is 2.78. The molecule has 4 rings (SSSR count). The van der Waals surface area contributed by atoms with Gasteiger partial charge in [0.2, 0.25) is 11.8 Å². The van der Waals surface area contributed by atoms with Crippen LogP contribution in [0.4, 0.5) is 0 Å². The summed E-state index contributed by atoms with van der Waals surface area (Å²) in [6, 6.07) is 18.2. The molecule has 2 heterocycles. The van der Waals surface area contributed by atoms with Crippen LogP contribution in [0.15, 0.2) is 67.0 Å². The molecule has 1 aliphatic heterocycles. The minimum absolute atomic E-state index is 0. The van der Waals surface area contributed by atoms with Crippen molar-refractivity contribution in [2.24, 2.45) is 0 Å². The SMILES string of the molecule is Cl.N#Cc1ccc(Cc2cnccc2C(c2cccc(Cl)c2)N2CC(=O)NCC2=O)cc1. The summed E-state index contributed by atoms with van der Waals surface area (Å²) in [5, 5.41) is 12.2. The number of pyridine rings is 1. The van der Waals surface area contributed by atoms with Crippen LogP contribution in [0.3, 0.4) is 0 Å². The van der Waals surface area contributed by atoms with Crippen molar-refractivity contribution >= 4 is 35.8 Å². The van der Waals surface area contributed by atoms with Gasteiger partial charge in [-0.25, -0.2) is 0 Å². The van der Waals surface area contributed by atoms with Gasteiger partial charge >= 0.3 is 0 Å². The summed E-state index contributed by atoms with van der Waals surface area (Å²) in [5.41, 5.74) is 4.24. The minimum Gasteiger partial charge on any atom is -0.345 e. The highest BCUT2D eigenvalue weighted by atomic mass is 35.5. The smallest absolute Gasteiger partial charge is 0.243 e. The van der Waals surface area contributed by atoms with Gasteiger partial charge in [0, 0.05) is 17.4 Å². The molecule has 1 fully saturated rings. The number of aromatic nitrogens is 1. The lowest BCUT2D eigenvalue weighted by molar-refractivity contribution is -0.142. The first-order valence-corrected chi connectivity index (χ1v) is 10.2. The number of carbonyl (C=O) groups excluding carboxylic acids is 2. The van der Waals surface area contributed by atoms with Gasteiger partial charge in [0.05, 0.1) is 24.2 Å². The monoisotopic (exact) mass is 466 g/mol. The molecule has 1 saturated heterocycles. The lowest BCUT2D eigenvalue weighted by atomic mass is 9.91. The Hall–Kier alpha value is -3.40. The van der Waals surface area contributed by atoms with Crippen LogP contribution < -0.4 is 5.32 Å². The summed E-state index contributed by atoms with van der Waals surface area (Å²) >= 11 is 6.26. The Kier molecular flexibility index (Phi) is 7.47. The number of nitrogens with one attached hydrogen (secondary N) is 1. The van der Waals surface area contributed by atoms with E-state index in [0.717, 1.165) is 22.3 Å². The van der Waals surface area contributed by atoms with Gasteiger partial charge in [-0.2, -0.15) is 5.26 Å². The molecular weight excluding hydrogens is 447 g/mol. The number of halogens is 2. The van der Waals surface area contributed by atoms with Crippen molar-refractivity contribution in [1.82, 2.24) is 15.2 Å². The molecule has 32 heavy (non-hydrogen) atoms. The molecule has 0 saturated carbocycles. The molecule has 162 valence electrons. The van der Waals surface area contributed by atoms with E-state index in [1.165, 1.54) is 0 Å². The molecule has 0 spiro atoms. The lowest BCUT2D eigenvalue weighted by Crippen LogP contribution is -2.53. The summed E-state index contributed by atoms with van der Waals surface area (Å²) in [6.07, 6.45) is 4.03. The highest BCUT2D eigenvalue weighted by Crippen LogP contribution is 2.33. The number of hydrogen-bond donors (Lipinski definition) is 1. The standard InChI is InChI=1S/C24H19ClN4O2.ClH/c25-20-3-1-2-18(11-20)24(29-15-22(30)28-14-23(29)31)21-8-9-27-13-19(21)10-16-4-6-17(12-26)7-5-16;/h1-9,11,13,24H,10,14-15H2,(H,28,30);1H. The van der Waals surface area contributed by atoms with E-state index in [1.807, 2.05) is 36.4 Å². The van der Waals surface area contributed by atoms with Gasteiger partial charge in [0.1, 0.15) is 6.54 Å². The van der Waals surface area contributed by atoms with Crippen molar-refractivity contribution in [3.8, 4) is 6.07 Å². The molecule has 1 aromatic heterocycles. The Labute approximate surface area is 197 Å². The van der Waals surface area contributed by atoms with Crippen LogP contribution in [0, 0.1) is 11.3 Å². The summed E-state index contributed by atoms with van der Waals surface area (Å²) in [5.74, 6) is -0.361. The maximum Gasteiger partial charge on any atom is 0.243 e. The topological polar surface area (TPSA) is 86.1 Å². The number of benzene rings is 2. The van der Waals surface area contributed by atoms with Gasteiger partial charge < -0.3 is 10.2 Å². The first kappa shape index (κ1) is 23.3. The second-order valence-corrected chi connectivity index (χ2v) is 7.75. The number of rotatable bonds is 5. The molecule has 1 aliphatic rings. The van der Waals surface area contributed by atoms with Crippen LogP contribution >= 0.6 is 24.0 Å². The normalized spacial score (nSPS) is 14.2. The van der Waals surface area contributed by atoms with Crippen LogP contribution in [0.1, 0.15) is 33.9 Å². The van der Waals surface area contributed by atoms with Crippen molar-refractivity contribution in [3.05, 3.63) is 99.8 Å². The van der Waals surface area contributed by atoms with Crippen LogP contribution in [-0.2, 0) is 16.0 Å². The fourth-order valence-electron chi connectivity index (χ4n) is 3.78. The van der Waals surface area contributed by atoms with Crippen molar-refractivity contribution in [2.45, 2.75) is 12.5 Å². The van der Waals surface area contributed by atoms with E-state index in [-0.39, 0.29) is 37.3 Å². The van der Waals surface area contributed by atoms with Crippen LogP contribution in [0.5, 0.6) is 0 Å². The first-order chi connectivity index (χ1) is 15.0. The summed E-state index contributed by atoms with van der Waals surface area (Å²) in [7, 11) is 0. The van der Waals surface area contributed by atoms with E-state index in [0.29, 0.717) is 17.0 Å². The highest BCUT2D eigenvalue weighted by Gasteiger charge is 2.33. The molecule has 2 amide bonds. The van der Waals surface area contributed by atoms with E-state index in [4.69, 9.17) is 16.9 Å². The molecule has 6 nitrogen and oxygen atoms in total. The molecule has 1 N–H and O–H groups in total. The Morgan fingerprint density at radius 2 is 1.94 bits per heavy atom. The third-order valence-electron chi connectivity index (χ3n) is 5.26. The zero-order chi connectivity index (χ0) is 21.8. The maximum atomic E-state index is 12.8. The van der Waals surface area contributed by atoms with Gasteiger partial charge in [-0.05, 0) is 59.0 Å². The predicted molar refractivity (Wildman–Crippen MR) is 123 cm³/mol. The third-order valence-corrected chi connectivity index (χ3v) is 5.50. The Morgan fingerprint density at radius 1 is 1.16 bits per heavy atom. The highest BCUT2D eigenvalue weighted by molar-refractivity contribution is 6.30. The minimum atomic E-state index is -0.478. The predicted octanol–water partition coefficient (Wildman–Crippen LogP) is 3.67. The van der Waals surface area contributed by atoms with E-state index in [9.17, 15) is 9.59 Å². The molecule has 8 heteroatoms. The molecule has 1 atom stereocenters. The van der Waals surface area contributed by atoms with Gasteiger partial charge in [0.15, 0.2) is 0 Å². The van der Waals surface area contributed by atoms with E-state index in [1.54, 1.807) is 35.5 Å². The van der Waals surface area contributed by atoms with Crippen LogP contribution in [0.2, 0.25) is 5.02 Å². The zero-order valence-corrected chi connectivity index (χ0v) is 18.6. The fraction of sp³-hybridized carbons (Fsp3) is 0.167. The largest absolute Gasteiger partial charge is 0.345 e. The Balaban J connectivity index is 0.00000289. The average molecular weight is 467 g/mol. The fourth-order valence-corrected chi connectivity index (χ4v) is 3.98. The molecule has 1 unspecified atom stereocenters. The van der Waals surface area contributed by atoms with Gasteiger partial charge in [-0.3, -0.25) is 14.6 Å². The number of piperazine rings is 1. The molecule has 0 bridgehead atoms. The van der Waals surface area contributed by atoms with Gasteiger partial charge in [-0.1, -0.05) is 35.9 Å². The number of nitrogens with zero attached hydrogens (tertiary/aromatic N) is 3. The first-order valence-electron chi connectivity index (χ1n) is 9.78. The molecule has 0 aliphatic carbocycles. The van der Waals surface area contributed by atoms with Crippen LogP contribution in [0.25, 0.3) is 0 Å². The molecule has 2 aromatic carbocycles. The van der Waals surface area contributed by atoms with Crippen molar-refractivity contribution < 1.29 is 9.59 Å². The Morgan fingerprint density at radius 3 is 2.66 bits per heavy atom. The maximum absolute atomic E-state index is 12.8. The quantitative estimate of drug-likeness (QED) is 0.621. The van der Waals surface area contributed by atoms with Gasteiger partial charge in [0.25, 0.3) is 0 Å². The van der Waals surface area contributed by atoms with E-state index in [2.05, 4.69) is 16.4 Å². The van der Waals surface area contributed by atoms with Gasteiger partial charge in [-0.15, -0.1) is 12.4 Å². The number of amides is 2. The summed E-state index contributed by atoms with van der Waals surface area (Å²) in [6.45, 7) is -0.0689. The number of hydrogen-bond acceptors (Lipinski definition) is 4. The molecular formula is C24H20Cl2N4O2. The summed E-state index contributed by atoms with van der Waals surface area (Å²) in [4.78, 5) is 30.8. The van der Waals surface area contributed by atoms with Crippen molar-refractivity contribution in [2.75, 3.05) is 13.1 Å². The summed E-state index contributed by atoms with van der Waals surface area (Å²) < 4.78 is 0.